The maximum atomic E-state index is 12.4. The Morgan fingerprint density at radius 2 is 1.75 bits per heavy atom. The van der Waals surface area contributed by atoms with Crippen molar-refractivity contribution in [3.63, 3.8) is 0 Å². The van der Waals surface area contributed by atoms with Crippen LogP contribution in [0.4, 0.5) is 11.4 Å². The second-order valence-corrected chi connectivity index (χ2v) is 9.05. The largest absolute Gasteiger partial charge is 0.369 e. The molecule has 5 nitrogen and oxygen atoms in total. The number of Topliss-reactive ketones (excluding diaryl/α,β-unsaturated/α-hetero) is 1. The van der Waals surface area contributed by atoms with Crippen molar-refractivity contribution in [3.8, 4) is 0 Å². The van der Waals surface area contributed by atoms with Crippen molar-refractivity contribution in [3.05, 3.63) is 45.1 Å². The summed E-state index contributed by atoms with van der Waals surface area (Å²) in [4.78, 5) is 31.5. The molecule has 1 aromatic carbocycles. The molecular formula is C22H29N3O2S. The molecule has 1 aliphatic rings. The third kappa shape index (κ3) is 5.00. The highest BCUT2D eigenvalue weighted by Gasteiger charge is 2.17. The summed E-state index contributed by atoms with van der Waals surface area (Å²) >= 11 is 1.62. The SMILES string of the molecule is Cc1cc(C(=O)CCC(=O)Nc2ccc(N3CCN(C)CC3)c(C)c2)c(C)s1. The lowest BCUT2D eigenvalue weighted by Gasteiger charge is -2.35. The summed E-state index contributed by atoms with van der Waals surface area (Å²) in [6.07, 6.45) is 0.438. The number of likely N-dealkylation sites (N-methyl/N-ethyl adjacent to an activating group) is 1. The molecule has 0 spiro atoms. The lowest BCUT2D eigenvalue weighted by atomic mass is 10.1. The van der Waals surface area contributed by atoms with E-state index in [1.807, 2.05) is 32.0 Å². The summed E-state index contributed by atoms with van der Waals surface area (Å²) < 4.78 is 0. The minimum absolute atomic E-state index is 0.0404. The number of amides is 1. The van der Waals surface area contributed by atoms with E-state index in [1.54, 1.807) is 11.3 Å². The van der Waals surface area contributed by atoms with Gasteiger partial charge in [-0.15, -0.1) is 11.3 Å². The summed E-state index contributed by atoms with van der Waals surface area (Å²) in [6, 6.07) is 7.96. The maximum Gasteiger partial charge on any atom is 0.224 e. The highest BCUT2D eigenvalue weighted by molar-refractivity contribution is 7.12. The Bertz CT molecular complexity index is 867. The molecule has 0 aliphatic carbocycles. The van der Waals surface area contributed by atoms with Gasteiger partial charge in [-0.3, -0.25) is 9.59 Å². The van der Waals surface area contributed by atoms with E-state index in [2.05, 4.69) is 35.2 Å². The van der Waals surface area contributed by atoms with Gasteiger partial charge in [0.05, 0.1) is 0 Å². The lowest BCUT2D eigenvalue weighted by molar-refractivity contribution is -0.116. The van der Waals surface area contributed by atoms with Crippen LogP contribution >= 0.6 is 11.3 Å². The van der Waals surface area contributed by atoms with Gasteiger partial charge in [0.25, 0.3) is 0 Å². The molecule has 2 heterocycles. The number of carbonyl (C=O) groups excluding carboxylic acids is 2. The number of anilines is 2. The quantitative estimate of drug-likeness (QED) is 0.745. The van der Waals surface area contributed by atoms with E-state index in [1.165, 1.54) is 5.69 Å². The molecule has 0 unspecified atom stereocenters. The molecule has 2 aromatic rings. The highest BCUT2D eigenvalue weighted by Crippen LogP contribution is 2.25. The van der Waals surface area contributed by atoms with Crippen molar-refractivity contribution in [1.82, 2.24) is 4.90 Å². The molecule has 1 aliphatic heterocycles. The first-order valence-electron chi connectivity index (χ1n) is 9.77. The average Bonchev–Trinajstić information content (AvgIpc) is 2.99. The van der Waals surface area contributed by atoms with Gasteiger partial charge in [0.1, 0.15) is 0 Å². The van der Waals surface area contributed by atoms with Crippen molar-refractivity contribution in [1.29, 1.82) is 0 Å². The van der Waals surface area contributed by atoms with Crippen LogP contribution < -0.4 is 10.2 Å². The smallest absolute Gasteiger partial charge is 0.224 e. The van der Waals surface area contributed by atoms with Crippen LogP contribution in [-0.2, 0) is 4.79 Å². The number of ketones is 1. The Labute approximate surface area is 171 Å². The fraction of sp³-hybridized carbons (Fsp3) is 0.455. The van der Waals surface area contributed by atoms with Crippen molar-refractivity contribution >= 4 is 34.4 Å². The molecule has 1 aromatic heterocycles. The summed E-state index contributed by atoms with van der Waals surface area (Å²) in [6.45, 7) is 10.2. The van der Waals surface area contributed by atoms with Gasteiger partial charge in [0.15, 0.2) is 5.78 Å². The van der Waals surface area contributed by atoms with Gasteiger partial charge in [-0.2, -0.15) is 0 Å². The van der Waals surface area contributed by atoms with Crippen molar-refractivity contribution < 1.29 is 9.59 Å². The zero-order chi connectivity index (χ0) is 20.3. The minimum atomic E-state index is -0.121. The Morgan fingerprint density at radius 3 is 2.36 bits per heavy atom. The molecule has 28 heavy (non-hydrogen) atoms. The third-order valence-corrected chi connectivity index (χ3v) is 6.21. The van der Waals surface area contributed by atoms with Crippen LogP contribution in [0, 0.1) is 20.8 Å². The second kappa shape index (κ2) is 8.88. The Balaban J connectivity index is 1.54. The first-order valence-corrected chi connectivity index (χ1v) is 10.6. The zero-order valence-electron chi connectivity index (χ0n) is 17.2. The van der Waals surface area contributed by atoms with E-state index in [0.717, 1.165) is 52.7 Å². The third-order valence-electron chi connectivity index (χ3n) is 5.25. The average molecular weight is 400 g/mol. The molecule has 1 amide bonds. The van der Waals surface area contributed by atoms with E-state index in [0.29, 0.717) is 0 Å². The minimum Gasteiger partial charge on any atom is -0.369 e. The zero-order valence-corrected chi connectivity index (χ0v) is 18.0. The second-order valence-electron chi connectivity index (χ2n) is 7.59. The molecule has 6 heteroatoms. The van der Waals surface area contributed by atoms with Crippen LogP contribution in [0.3, 0.4) is 0 Å². The summed E-state index contributed by atoms with van der Waals surface area (Å²) in [5.74, 6) is -0.0803. The summed E-state index contributed by atoms with van der Waals surface area (Å²) in [5, 5.41) is 2.93. The van der Waals surface area contributed by atoms with E-state index in [4.69, 9.17) is 0 Å². The van der Waals surface area contributed by atoms with Crippen LogP contribution in [0.2, 0.25) is 0 Å². The molecule has 1 fully saturated rings. The predicted molar refractivity (Wildman–Crippen MR) is 117 cm³/mol. The monoisotopic (exact) mass is 399 g/mol. The molecule has 1 N–H and O–H groups in total. The number of aryl methyl sites for hydroxylation is 3. The fourth-order valence-corrected chi connectivity index (χ4v) is 4.57. The Morgan fingerprint density at radius 1 is 1.04 bits per heavy atom. The van der Waals surface area contributed by atoms with Crippen LogP contribution in [0.25, 0.3) is 0 Å². The number of benzene rings is 1. The van der Waals surface area contributed by atoms with Gasteiger partial charge in [-0.05, 0) is 57.6 Å². The van der Waals surface area contributed by atoms with Gasteiger partial charge >= 0.3 is 0 Å². The van der Waals surface area contributed by atoms with Crippen molar-refractivity contribution in [2.75, 3.05) is 43.4 Å². The van der Waals surface area contributed by atoms with Crippen molar-refractivity contribution in [2.24, 2.45) is 0 Å². The lowest BCUT2D eigenvalue weighted by Crippen LogP contribution is -2.44. The van der Waals surface area contributed by atoms with E-state index in [9.17, 15) is 9.59 Å². The number of thiophene rings is 1. The van der Waals surface area contributed by atoms with E-state index in [-0.39, 0.29) is 24.5 Å². The summed E-state index contributed by atoms with van der Waals surface area (Å²) in [5.41, 5.74) is 3.92. The number of nitrogens with zero attached hydrogens (tertiary/aromatic N) is 2. The van der Waals surface area contributed by atoms with Crippen LogP contribution in [0.15, 0.2) is 24.3 Å². The van der Waals surface area contributed by atoms with Gasteiger partial charge < -0.3 is 15.1 Å². The first-order chi connectivity index (χ1) is 13.3. The van der Waals surface area contributed by atoms with E-state index < -0.39 is 0 Å². The highest BCUT2D eigenvalue weighted by atomic mass is 32.1. The molecule has 0 saturated carbocycles. The molecule has 0 bridgehead atoms. The molecular weight excluding hydrogens is 370 g/mol. The number of nitrogens with one attached hydrogen (secondary N) is 1. The fourth-order valence-electron chi connectivity index (χ4n) is 3.63. The van der Waals surface area contributed by atoms with Gasteiger partial charge in [0, 0.05) is 65.7 Å². The number of hydrogen-bond acceptors (Lipinski definition) is 5. The number of hydrogen-bond donors (Lipinski definition) is 1. The van der Waals surface area contributed by atoms with Crippen LogP contribution in [0.1, 0.15) is 38.5 Å². The van der Waals surface area contributed by atoms with Crippen LogP contribution in [-0.4, -0.2) is 49.8 Å². The van der Waals surface area contributed by atoms with Gasteiger partial charge in [-0.1, -0.05) is 0 Å². The Hall–Kier alpha value is -2.18. The van der Waals surface area contributed by atoms with Crippen molar-refractivity contribution in [2.45, 2.75) is 33.6 Å². The van der Waals surface area contributed by atoms with Crippen LogP contribution in [0.5, 0.6) is 0 Å². The molecule has 0 radical (unpaired) electrons. The predicted octanol–water partition coefficient (Wildman–Crippen LogP) is 4.03. The topological polar surface area (TPSA) is 52.7 Å². The molecule has 0 atom stereocenters. The van der Waals surface area contributed by atoms with E-state index >= 15 is 0 Å². The number of piperazine rings is 1. The summed E-state index contributed by atoms with van der Waals surface area (Å²) in [7, 11) is 2.15. The molecule has 1 saturated heterocycles. The standard InChI is InChI=1S/C22H29N3O2S/c1-15-13-18(5-6-20(15)25-11-9-24(4)10-12-25)23-22(27)8-7-21(26)19-14-16(2)28-17(19)3/h5-6,13-14H,7-12H2,1-4H3,(H,23,27). The number of rotatable bonds is 6. The molecule has 150 valence electrons. The van der Waals surface area contributed by atoms with Gasteiger partial charge in [-0.25, -0.2) is 0 Å². The van der Waals surface area contributed by atoms with Gasteiger partial charge in [0.2, 0.25) is 5.91 Å². The maximum absolute atomic E-state index is 12.4. The number of carbonyl (C=O) groups is 2. The molecule has 3 rings (SSSR count). The first kappa shape index (κ1) is 20.6. The Kier molecular flexibility index (Phi) is 6.52. The normalized spacial score (nSPS) is 14.9.